The molecule has 1 atom stereocenters. The molecule has 0 bridgehead atoms. The minimum absolute atomic E-state index is 0. The Morgan fingerprint density at radius 1 is 1.28 bits per heavy atom. The monoisotopic (exact) mass is 296 g/mol. The fourth-order valence-electron chi connectivity index (χ4n) is 2.29. The van der Waals surface area contributed by atoms with E-state index in [2.05, 4.69) is 5.32 Å². The van der Waals surface area contributed by atoms with Crippen LogP contribution in [0.1, 0.15) is 24.4 Å². The van der Waals surface area contributed by atoms with Gasteiger partial charge in [-0.1, -0.05) is 11.6 Å². The van der Waals surface area contributed by atoms with Gasteiger partial charge in [0.1, 0.15) is 11.6 Å². The number of halogens is 4. The molecular weight excluding hydrogens is 281 g/mol. The molecule has 2 rings (SSSR count). The van der Waals surface area contributed by atoms with Gasteiger partial charge in [0, 0.05) is 11.6 Å². The molecule has 2 nitrogen and oxygen atoms in total. The van der Waals surface area contributed by atoms with Crippen LogP contribution in [0.2, 0.25) is 5.02 Å². The Kier molecular flexibility index (Phi) is 5.79. The van der Waals surface area contributed by atoms with Crippen LogP contribution in [0.3, 0.4) is 0 Å². The molecule has 102 valence electrons. The van der Waals surface area contributed by atoms with Crippen LogP contribution >= 0.6 is 24.0 Å². The summed E-state index contributed by atoms with van der Waals surface area (Å²) in [5.74, 6) is -1.24. The fraction of sp³-hybridized carbons (Fsp3) is 0.500. The molecule has 0 radical (unpaired) electrons. The lowest BCUT2D eigenvalue weighted by Gasteiger charge is -2.28. The third kappa shape index (κ3) is 3.12. The second-order valence-electron chi connectivity index (χ2n) is 4.37. The summed E-state index contributed by atoms with van der Waals surface area (Å²) in [6.45, 7) is 1.67. The van der Waals surface area contributed by atoms with Crippen molar-refractivity contribution in [3.63, 3.8) is 0 Å². The first-order chi connectivity index (χ1) is 8.11. The smallest absolute Gasteiger partial charge is 0.149 e. The highest BCUT2D eigenvalue weighted by molar-refractivity contribution is 6.30. The van der Waals surface area contributed by atoms with Gasteiger partial charge in [-0.2, -0.15) is 0 Å². The molecule has 0 amide bonds. The molecule has 1 aliphatic rings. The van der Waals surface area contributed by atoms with E-state index >= 15 is 0 Å². The van der Waals surface area contributed by atoms with Crippen molar-refractivity contribution in [2.45, 2.75) is 18.9 Å². The Morgan fingerprint density at radius 2 is 1.89 bits per heavy atom. The summed E-state index contributed by atoms with van der Waals surface area (Å²) < 4.78 is 27.4. The molecule has 0 aliphatic carbocycles. The normalized spacial score (nSPS) is 18.2. The number of hydrogen-bond acceptors (Lipinski definition) is 2. The maximum Gasteiger partial charge on any atom is 0.149 e. The second-order valence-corrected chi connectivity index (χ2v) is 4.78. The molecule has 0 spiro atoms. The predicted molar refractivity (Wildman–Crippen MR) is 71.1 cm³/mol. The highest BCUT2D eigenvalue weighted by Gasteiger charge is 2.27. The maximum atomic E-state index is 13.8. The lowest BCUT2D eigenvalue weighted by molar-refractivity contribution is 0.311. The van der Waals surface area contributed by atoms with Gasteiger partial charge in [0.05, 0.1) is 5.02 Å². The van der Waals surface area contributed by atoms with Crippen molar-refractivity contribution in [3.05, 3.63) is 34.4 Å². The van der Waals surface area contributed by atoms with Crippen LogP contribution < -0.4 is 11.1 Å². The topological polar surface area (TPSA) is 38.0 Å². The van der Waals surface area contributed by atoms with Crippen LogP contribution in [0.25, 0.3) is 0 Å². The molecular formula is C12H16Cl2F2N2. The van der Waals surface area contributed by atoms with Gasteiger partial charge in [-0.15, -0.1) is 12.4 Å². The van der Waals surface area contributed by atoms with Crippen molar-refractivity contribution in [1.29, 1.82) is 0 Å². The molecule has 0 aromatic heterocycles. The van der Waals surface area contributed by atoms with Crippen molar-refractivity contribution in [2.75, 3.05) is 13.1 Å². The van der Waals surface area contributed by atoms with Gasteiger partial charge in [0.25, 0.3) is 0 Å². The van der Waals surface area contributed by atoms with Crippen molar-refractivity contribution in [2.24, 2.45) is 11.7 Å². The number of nitrogens with one attached hydrogen (secondary N) is 1. The largest absolute Gasteiger partial charge is 0.324 e. The molecule has 1 aromatic rings. The Hall–Kier alpha value is -0.420. The van der Waals surface area contributed by atoms with Crippen LogP contribution in [-0.4, -0.2) is 13.1 Å². The van der Waals surface area contributed by atoms with E-state index in [0.29, 0.717) is 0 Å². The number of nitrogens with two attached hydrogens (primary N) is 1. The molecule has 1 heterocycles. The summed E-state index contributed by atoms with van der Waals surface area (Å²) in [4.78, 5) is 0. The minimum atomic E-state index is -0.724. The summed E-state index contributed by atoms with van der Waals surface area (Å²) in [6, 6.07) is 1.75. The summed E-state index contributed by atoms with van der Waals surface area (Å²) in [5, 5.41) is 3.11. The van der Waals surface area contributed by atoms with E-state index in [1.54, 1.807) is 0 Å². The fourth-order valence-corrected chi connectivity index (χ4v) is 2.45. The van der Waals surface area contributed by atoms with Gasteiger partial charge in [0.15, 0.2) is 0 Å². The van der Waals surface area contributed by atoms with Crippen molar-refractivity contribution in [3.8, 4) is 0 Å². The van der Waals surface area contributed by atoms with Gasteiger partial charge in [-0.3, -0.25) is 0 Å². The average molecular weight is 297 g/mol. The quantitative estimate of drug-likeness (QED) is 0.823. The Morgan fingerprint density at radius 3 is 2.50 bits per heavy atom. The SMILES string of the molecule is Cl.N[C@@H](c1c(F)ccc(Cl)c1F)C1CCNCC1. The molecule has 0 unspecified atom stereocenters. The first kappa shape index (κ1) is 15.6. The number of hydrogen-bond donors (Lipinski definition) is 2. The van der Waals surface area contributed by atoms with Crippen LogP contribution in [0, 0.1) is 17.6 Å². The summed E-state index contributed by atoms with van der Waals surface area (Å²) in [5.41, 5.74) is 5.89. The zero-order valence-electron chi connectivity index (χ0n) is 9.76. The Labute approximate surface area is 116 Å². The zero-order chi connectivity index (χ0) is 12.4. The maximum absolute atomic E-state index is 13.8. The average Bonchev–Trinajstić information content (AvgIpc) is 2.35. The van der Waals surface area contributed by atoms with Crippen molar-refractivity contribution < 1.29 is 8.78 Å². The summed E-state index contributed by atoms with van der Waals surface area (Å²) in [6.07, 6.45) is 1.65. The molecule has 18 heavy (non-hydrogen) atoms. The van der Waals surface area contributed by atoms with E-state index in [9.17, 15) is 8.78 Å². The number of piperidine rings is 1. The van der Waals surface area contributed by atoms with E-state index in [0.717, 1.165) is 25.9 Å². The standard InChI is InChI=1S/C12H15ClF2N2.ClH/c13-8-1-2-9(14)10(11(8)15)12(16)7-3-5-17-6-4-7;/h1-2,7,12,17H,3-6,16H2;1H/t12-;/m1./s1. The molecule has 1 fully saturated rings. The molecule has 6 heteroatoms. The van der Waals surface area contributed by atoms with E-state index < -0.39 is 17.7 Å². The minimum Gasteiger partial charge on any atom is -0.324 e. The third-order valence-corrected chi connectivity index (χ3v) is 3.60. The van der Waals surface area contributed by atoms with Gasteiger partial charge in [0.2, 0.25) is 0 Å². The number of benzene rings is 1. The molecule has 1 aliphatic heterocycles. The lowest BCUT2D eigenvalue weighted by atomic mass is 9.86. The van der Waals surface area contributed by atoms with Crippen LogP contribution in [-0.2, 0) is 0 Å². The van der Waals surface area contributed by atoms with E-state index in [1.807, 2.05) is 0 Å². The van der Waals surface area contributed by atoms with Crippen LogP contribution in [0.15, 0.2) is 12.1 Å². The predicted octanol–water partition coefficient (Wildman–Crippen LogP) is 3.04. The summed E-state index contributed by atoms with van der Waals surface area (Å²) in [7, 11) is 0. The first-order valence-electron chi connectivity index (χ1n) is 5.71. The first-order valence-corrected chi connectivity index (χ1v) is 6.08. The van der Waals surface area contributed by atoms with Crippen molar-refractivity contribution >= 4 is 24.0 Å². The highest BCUT2D eigenvalue weighted by Crippen LogP contribution is 2.32. The zero-order valence-corrected chi connectivity index (χ0v) is 11.3. The molecule has 3 N–H and O–H groups in total. The third-order valence-electron chi connectivity index (χ3n) is 3.30. The van der Waals surface area contributed by atoms with Gasteiger partial charge < -0.3 is 11.1 Å². The van der Waals surface area contributed by atoms with Gasteiger partial charge in [-0.05, 0) is 44.0 Å². The van der Waals surface area contributed by atoms with Gasteiger partial charge in [-0.25, -0.2) is 8.78 Å². The molecule has 1 aromatic carbocycles. The van der Waals surface area contributed by atoms with Crippen molar-refractivity contribution in [1.82, 2.24) is 5.32 Å². The number of rotatable bonds is 2. The highest BCUT2D eigenvalue weighted by atomic mass is 35.5. The Bertz CT molecular complexity index is 409. The van der Waals surface area contributed by atoms with Crippen LogP contribution in [0.5, 0.6) is 0 Å². The molecule has 1 saturated heterocycles. The van der Waals surface area contributed by atoms with Crippen LogP contribution in [0.4, 0.5) is 8.78 Å². The lowest BCUT2D eigenvalue weighted by Crippen LogP contribution is -2.34. The van der Waals surface area contributed by atoms with E-state index in [1.165, 1.54) is 12.1 Å². The second kappa shape index (κ2) is 6.66. The summed E-state index contributed by atoms with van der Waals surface area (Å²) >= 11 is 5.66. The molecule has 0 saturated carbocycles. The Balaban J connectivity index is 0.00000162. The van der Waals surface area contributed by atoms with E-state index in [-0.39, 0.29) is 28.9 Å². The van der Waals surface area contributed by atoms with Gasteiger partial charge >= 0.3 is 0 Å². The van der Waals surface area contributed by atoms with E-state index in [4.69, 9.17) is 17.3 Å².